The molecule has 0 fully saturated rings. The standard InChI is InChI=1S/C26H33N7O8S2.3CO.Re/c34-18-41-17-33-12-9-28-23(33)15-31(14-22-27-8-11-32(22)16-25(35)36)10-2-1-3-21(26(37)38)29-24(42)13-19-4-6-20(7-5-19)30-43(39)40;3*1-2;/h4-9,11-12,18,21,30H,1-3,10,13-17H2,(H,29,42)(H,35,36)(H,37,38)(H,39,40);;;;/p-1. The molecule has 0 spiro atoms. The molecule has 50 heavy (non-hydrogen) atoms. The number of carboxylic acids is 2. The van der Waals surface area contributed by atoms with Gasteiger partial charge in [-0.2, -0.15) is 0 Å². The van der Waals surface area contributed by atoms with Gasteiger partial charge in [0, 0.05) is 68.6 Å². The summed E-state index contributed by atoms with van der Waals surface area (Å²) in [5.41, 5.74) is 1.19. The van der Waals surface area contributed by atoms with E-state index in [2.05, 4.69) is 40.0 Å². The quantitative estimate of drug-likeness (QED) is 0.0310. The van der Waals surface area contributed by atoms with Gasteiger partial charge in [-0.15, -0.1) is 0 Å². The van der Waals surface area contributed by atoms with E-state index in [-0.39, 0.29) is 40.1 Å². The summed E-state index contributed by atoms with van der Waals surface area (Å²) in [7, 11) is 0. The van der Waals surface area contributed by atoms with Crippen molar-refractivity contribution in [2.45, 2.75) is 58.1 Å². The van der Waals surface area contributed by atoms with E-state index in [9.17, 15) is 33.4 Å². The van der Waals surface area contributed by atoms with Gasteiger partial charge in [0.15, 0.2) is 6.73 Å². The monoisotopic (exact) mass is 905 g/mol. The predicted octanol–water partition coefficient (Wildman–Crippen LogP) is 1.17. The zero-order valence-corrected chi connectivity index (χ0v) is 30.5. The van der Waals surface area contributed by atoms with Crippen molar-refractivity contribution in [2.24, 2.45) is 0 Å². The number of carbonyl (C=O) groups excluding carboxylic acids is 1. The first-order valence-corrected chi connectivity index (χ1v) is 15.2. The molecule has 2 unspecified atom stereocenters. The van der Waals surface area contributed by atoms with Gasteiger partial charge >= 0.3 is 45.8 Å². The van der Waals surface area contributed by atoms with Crippen LogP contribution < -0.4 is 10.0 Å². The van der Waals surface area contributed by atoms with E-state index in [1.54, 1.807) is 47.4 Å². The Morgan fingerprint density at radius 2 is 1.58 bits per heavy atom. The number of rotatable bonds is 20. The third-order valence-corrected chi connectivity index (χ3v) is 6.96. The second kappa shape index (κ2) is 28.5. The number of hydrogen-bond donors (Lipinski definition) is 4. The van der Waals surface area contributed by atoms with Gasteiger partial charge < -0.3 is 34.1 Å². The number of carboxylic acid groups (broad SMARTS) is 2. The van der Waals surface area contributed by atoms with Gasteiger partial charge in [0.1, 0.15) is 24.2 Å². The van der Waals surface area contributed by atoms with Crippen molar-refractivity contribution in [3.05, 3.63) is 86.2 Å². The molecule has 21 heteroatoms. The van der Waals surface area contributed by atoms with Crippen molar-refractivity contribution in [1.29, 1.82) is 0 Å². The van der Waals surface area contributed by atoms with Crippen molar-refractivity contribution < 1.29 is 72.5 Å². The third kappa shape index (κ3) is 19.0. The van der Waals surface area contributed by atoms with Gasteiger partial charge in [-0.1, -0.05) is 24.4 Å². The predicted molar refractivity (Wildman–Crippen MR) is 169 cm³/mol. The van der Waals surface area contributed by atoms with Crippen LogP contribution in [-0.2, 0) is 97.6 Å². The van der Waals surface area contributed by atoms with Crippen molar-refractivity contribution >= 4 is 52.6 Å². The van der Waals surface area contributed by atoms with Crippen LogP contribution in [0.25, 0.3) is 0 Å². The molecule has 2 aromatic heterocycles. The van der Waals surface area contributed by atoms with Crippen LogP contribution in [0, 0.1) is 20.0 Å². The van der Waals surface area contributed by atoms with Crippen LogP contribution in [0.1, 0.15) is 36.5 Å². The number of aromatic nitrogens is 4. The largest absolute Gasteiger partial charge is 0 e. The van der Waals surface area contributed by atoms with Crippen LogP contribution in [0.15, 0.2) is 49.1 Å². The number of unbranched alkanes of at least 4 members (excludes halogenated alkanes) is 1. The number of carbonyl (C=O) groups is 3. The second-order valence-electron chi connectivity index (χ2n) is 9.45. The van der Waals surface area contributed by atoms with Crippen molar-refractivity contribution in [1.82, 2.24) is 29.3 Å². The number of nitrogens with one attached hydrogen (secondary N) is 2. The maximum Gasteiger partial charge on any atom is 0 e. The minimum absolute atomic E-state index is 0. The fourth-order valence-corrected chi connectivity index (χ4v) is 4.91. The van der Waals surface area contributed by atoms with Crippen LogP contribution in [0.3, 0.4) is 0 Å². The number of thiocarbonyl (C=S) groups is 1. The smallest absolute Gasteiger partial charge is 0 e. The van der Waals surface area contributed by atoms with Gasteiger partial charge in [-0.25, -0.2) is 14.8 Å². The summed E-state index contributed by atoms with van der Waals surface area (Å²) < 4.78 is 54.3. The molecule has 4 N–H and O–H groups in total. The summed E-state index contributed by atoms with van der Waals surface area (Å²) in [5, 5.41) is 21.9. The maximum atomic E-state index is 11.9. The molecule has 0 saturated carbocycles. The summed E-state index contributed by atoms with van der Waals surface area (Å²) in [6.45, 7) is 14.8. The molecule has 3 rings (SSSR count). The molecule has 1 radical (unpaired) electrons. The fraction of sp³-hybridized carbons (Fsp3) is 0.345. The summed E-state index contributed by atoms with van der Waals surface area (Å²) >= 11 is 2.95. The average Bonchev–Trinajstić information content (AvgIpc) is 3.72. The zero-order chi connectivity index (χ0) is 37.2. The van der Waals surface area contributed by atoms with Crippen molar-refractivity contribution in [3.8, 4) is 0 Å². The number of benzene rings is 1. The molecule has 3 aromatic rings. The Balaban J connectivity index is 0. The van der Waals surface area contributed by atoms with Gasteiger partial charge in [-0.05, 0) is 43.5 Å². The third-order valence-electron chi connectivity index (χ3n) is 6.29. The summed E-state index contributed by atoms with van der Waals surface area (Å²) in [5.74, 6) is -0.864. The second-order valence-corrected chi connectivity index (χ2v) is 10.6. The first-order valence-electron chi connectivity index (χ1n) is 13.7. The Morgan fingerprint density at radius 1 is 1.02 bits per heavy atom. The summed E-state index contributed by atoms with van der Waals surface area (Å²) in [6, 6.07) is 5.67. The molecule has 0 saturated heterocycles. The molecule has 18 nitrogen and oxygen atoms in total. The molecular formula is C29H32N7O11ReS2-. The zero-order valence-electron chi connectivity index (χ0n) is 26.1. The van der Waals surface area contributed by atoms with Crippen LogP contribution in [0.4, 0.5) is 5.69 Å². The van der Waals surface area contributed by atoms with E-state index >= 15 is 0 Å². The maximum absolute atomic E-state index is 11.9. The molecule has 0 aliphatic rings. The molecule has 269 valence electrons. The number of hydrogen-bond acceptors (Lipinski definition) is 10. The molecule has 0 aliphatic heterocycles. The molecule has 2 atom stereocenters. The van der Waals surface area contributed by atoms with E-state index in [0.717, 1.165) is 5.56 Å². The molecule has 0 bridgehead atoms. The Bertz CT molecular complexity index is 1530. The number of ether oxygens (including phenoxy) is 1. The van der Waals surface area contributed by atoms with E-state index in [4.69, 9.17) is 30.9 Å². The topological polar surface area (TPSA) is 264 Å². The first kappa shape index (κ1) is 47.8. The minimum Gasteiger partial charge on any atom is 0 e. The van der Waals surface area contributed by atoms with Gasteiger partial charge in [0.05, 0.1) is 18.1 Å². The molecular weight excluding hydrogens is 873 g/mol. The summed E-state index contributed by atoms with van der Waals surface area (Å²) in [6.07, 6.45) is 8.12. The molecule has 1 aromatic carbocycles. The van der Waals surface area contributed by atoms with Gasteiger partial charge in [0.25, 0.3) is 6.47 Å². The average molecular weight is 905 g/mol. The Morgan fingerprint density at radius 3 is 2.10 bits per heavy atom. The van der Waals surface area contributed by atoms with Crippen LogP contribution in [-0.4, -0.2) is 79.0 Å². The van der Waals surface area contributed by atoms with Gasteiger partial charge in [0.2, 0.25) is 0 Å². The number of anilines is 1. The molecule has 2 heterocycles. The molecule has 0 amide bonds. The van der Waals surface area contributed by atoms with Crippen molar-refractivity contribution in [3.63, 3.8) is 0 Å². The van der Waals surface area contributed by atoms with Crippen molar-refractivity contribution in [2.75, 3.05) is 11.3 Å². The van der Waals surface area contributed by atoms with E-state index in [1.165, 1.54) is 10.8 Å². The number of imidazole rings is 2. The Kier molecular flexibility index (Phi) is 27.3. The first-order chi connectivity index (χ1) is 23.6. The van der Waals surface area contributed by atoms with E-state index in [1.807, 2.05) is 4.90 Å². The normalized spacial score (nSPS) is 10.8. The van der Waals surface area contributed by atoms with Crippen LogP contribution in [0.5, 0.6) is 0 Å². The summed E-state index contributed by atoms with van der Waals surface area (Å²) in [4.78, 5) is 44.8. The SMILES string of the molecule is O=COCn1ccnc1CN(CCCCC(NC(=S)Cc1ccc(NS(=O)[O-])cc1)C(=O)O)Cc1nccn1CC(=O)O.[C-]#[O+].[C-]#[O+].[C-]#[O+].[Re]. The van der Waals surface area contributed by atoms with Crippen LogP contribution >= 0.6 is 12.2 Å². The van der Waals surface area contributed by atoms with Crippen LogP contribution in [0.2, 0.25) is 0 Å². The number of nitrogens with zero attached hydrogens (tertiary/aromatic N) is 5. The fourth-order valence-electron chi connectivity index (χ4n) is 4.27. The van der Waals surface area contributed by atoms with E-state index in [0.29, 0.717) is 67.7 Å². The Hall–Kier alpha value is -4.31. The van der Waals surface area contributed by atoms with E-state index < -0.39 is 29.2 Å². The minimum atomic E-state index is -2.43. The Labute approximate surface area is 308 Å². The molecule has 0 aliphatic carbocycles. The van der Waals surface area contributed by atoms with Gasteiger partial charge in [-0.3, -0.25) is 23.3 Å². The number of aliphatic carboxylic acids is 2.